The summed E-state index contributed by atoms with van der Waals surface area (Å²) < 4.78 is 12.2. The maximum atomic E-state index is 6.09. The molecule has 0 N–H and O–H groups in total. The van der Waals surface area contributed by atoms with Crippen LogP contribution in [0.2, 0.25) is 0 Å². The van der Waals surface area contributed by atoms with Crippen molar-refractivity contribution in [2.75, 3.05) is 0 Å². The zero-order valence-corrected chi connectivity index (χ0v) is 17.2. The van der Waals surface area contributed by atoms with Crippen LogP contribution in [0.25, 0.3) is 44.6 Å². The maximum Gasteiger partial charge on any atom is 0.136 e. The van der Waals surface area contributed by atoms with E-state index in [1.165, 1.54) is 0 Å². The molecule has 0 unspecified atom stereocenters. The fraction of sp³-hybridized carbons (Fsp3) is 0. The molecule has 0 spiro atoms. The standard InChI is InChI=1S/C30H18O2/c1-5-13-25(29-19-23-11-3-7-15-27(23)31-29)21(9-1)17-18-22-10-2-6-14-26(22)30-20-24-12-4-8-16-28(24)32-30/h1-16,19-20H. The van der Waals surface area contributed by atoms with Crippen LogP contribution in [0.4, 0.5) is 0 Å². The summed E-state index contributed by atoms with van der Waals surface area (Å²) in [5, 5.41) is 2.17. The van der Waals surface area contributed by atoms with Crippen LogP contribution in [0.1, 0.15) is 11.1 Å². The lowest BCUT2D eigenvalue weighted by atomic mass is 10.0. The molecule has 2 heteroatoms. The van der Waals surface area contributed by atoms with Gasteiger partial charge in [-0.3, -0.25) is 0 Å². The van der Waals surface area contributed by atoms with E-state index < -0.39 is 0 Å². The van der Waals surface area contributed by atoms with Gasteiger partial charge in [-0.05, 0) is 48.5 Å². The Labute approximate surface area is 185 Å². The molecule has 0 saturated carbocycles. The number of para-hydroxylation sites is 2. The lowest BCUT2D eigenvalue weighted by Crippen LogP contribution is -1.84. The predicted octanol–water partition coefficient (Wildman–Crippen LogP) is 7.91. The van der Waals surface area contributed by atoms with E-state index in [1.807, 2.05) is 84.9 Å². The number of fused-ring (bicyclic) bond motifs is 2. The average Bonchev–Trinajstić information content (AvgIpc) is 3.47. The first-order chi connectivity index (χ1) is 15.8. The summed E-state index contributed by atoms with van der Waals surface area (Å²) in [6.45, 7) is 0. The summed E-state index contributed by atoms with van der Waals surface area (Å²) in [6, 6.07) is 36.4. The molecule has 0 fully saturated rings. The number of benzene rings is 4. The van der Waals surface area contributed by atoms with Crippen molar-refractivity contribution in [1.82, 2.24) is 0 Å². The zero-order chi connectivity index (χ0) is 21.3. The Hall–Kier alpha value is -4.48. The van der Waals surface area contributed by atoms with E-state index in [4.69, 9.17) is 8.83 Å². The molecule has 0 bridgehead atoms. The minimum atomic E-state index is 0.821. The van der Waals surface area contributed by atoms with Gasteiger partial charge < -0.3 is 8.83 Å². The molecule has 2 heterocycles. The quantitative estimate of drug-likeness (QED) is 0.271. The SMILES string of the molecule is C(#Cc1ccccc1-c1cc2ccccc2o1)c1ccccc1-c1cc2ccccc2o1. The number of hydrogen-bond donors (Lipinski definition) is 0. The van der Waals surface area contributed by atoms with Crippen molar-refractivity contribution in [3.05, 3.63) is 120 Å². The molecule has 6 rings (SSSR count). The highest BCUT2D eigenvalue weighted by Crippen LogP contribution is 2.31. The maximum absolute atomic E-state index is 6.09. The summed E-state index contributed by atoms with van der Waals surface area (Å²) >= 11 is 0. The zero-order valence-electron chi connectivity index (χ0n) is 17.2. The normalized spacial score (nSPS) is 10.9. The summed E-state index contributed by atoms with van der Waals surface area (Å²) in [7, 11) is 0. The van der Waals surface area contributed by atoms with Gasteiger partial charge in [-0.1, -0.05) is 72.5 Å². The van der Waals surface area contributed by atoms with Crippen molar-refractivity contribution >= 4 is 21.9 Å². The number of hydrogen-bond acceptors (Lipinski definition) is 2. The van der Waals surface area contributed by atoms with E-state index in [-0.39, 0.29) is 0 Å². The first kappa shape index (κ1) is 18.3. The van der Waals surface area contributed by atoms with Crippen LogP contribution in [-0.2, 0) is 0 Å². The Morgan fingerprint density at radius 1 is 0.438 bits per heavy atom. The minimum absolute atomic E-state index is 0.821. The Balaban J connectivity index is 1.43. The molecule has 0 aliphatic heterocycles. The van der Waals surface area contributed by atoms with Crippen molar-refractivity contribution < 1.29 is 8.83 Å². The monoisotopic (exact) mass is 410 g/mol. The smallest absolute Gasteiger partial charge is 0.136 e. The van der Waals surface area contributed by atoms with E-state index in [9.17, 15) is 0 Å². The van der Waals surface area contributed by atoms with Crippen LogP contribution in [0.5, 0.6) is 0 Å². The van der Waals surface area contributed by atoms with Gasteiger partial charge in [0.2, 0.25) is 0 Å². The molecular formula is C30H18O2. The summed E-state index contributed by atoms with van der Waals surface area (Å²) in [6.07, 6.45) is 0. The van der Waals surface area contributed by atoms with Crippen molar-refractivity contribution in [1.29, 1.82) is 0 Å². The van der Waals surface area contributed by atoms with Crippen molar-refractivity contribution in [2.45, 2.75) is 0 Å². The molecule has 0 aliphatic carbocycles. The molecule has 32 heavy (non-hydrogen) atoms. The van der Waals surface area contributed by atoms with Gasteiger partial charge in [0.25, 0.3) is 0 Å². The highest BCUT2D eigenvalue weighted by molar-refractivity contribution is 5.85. The Morgan fingerprint density at radius 2 is 0.844 bits per heavy atom. The second-order valence-electron chi connectivity index (χ2n) is 7.64. The molecule has 0 atom stereocenters. The third-order valence-electron chi connectivity index (χ3n) is 5.57. The van der Waals surface area contributed by atoms with E-state index in [1.54, 1.807) is 0 Å². The Bertz CT molecular complexity index is 1450. The molecule has 150 valence electrons. The van der Waals surface area contributed by atoms with Gasteiger partial charge in [0.15, 0.2) is 0 Å². The van der Waals surface area contributed by atoms with Crippen LogP contribution in [0.15, 0.2) is 118 Å². The van der Waals surface area contributed by atoms with Crippen LogP contribution in [-0.4, -0.2) is 0 Å². The fourth-order valence-corrected chi connectivity index (χ4v) is 3.98. The van der Waals surface area contributed by atoms with E-state index in [0.29, 0.717) is 0 Å². The summed E-state index contributed by atoms with van der Waals surface area (Å²) in [5.41, 5.74) is 5.56. The molecule has 0 radical (unpaired) electrons. The molecule has 2 nitrogen and oxygen atoms in total. The molecule has 0 aliphatic rings. The molecule has 6 aromatic rings. The van der Waals surface area contributed by atoms with Crippen LogP contribution in [0.3, 0.4) is 0 Å². The third kappa shape index (κ3) is 3.27. The van der Waals surface area contributed by atoms with Crippen molar-refractivity contribution in [3.8, 4) is 34.5 Å². The van der Waals surface area contributed by atoms with Gasteiger partial charge in [0, 0.05) is 33.0 Å². The fourth-order valence-electron chi connectivity index (χ4n) is 3.98. The summed E-state index contributed by atoms with van der Waals surface area (Å²) in [4.78, 5) is 0. The summed E-state index contributed by atoms with van der Waals surface area (Å²) in [5.74, 6) is 8.37. The Kier molecular flexibility index (Phi) is 4.37. The lowest BCUT2D eigenvalue weighted by molar-refractivity contribution is 0.631. The van der Waals surface area contributed by atoms with Gasteiger partial charge in [-0.15, -0.1) is 0 Å². The van der Waals surface area contributed by atoms with Gasteiger partial charge in [-0.2, -0.15) is 0 Å². The van der Waals surface area contributed by atoms with E-state index >= 15 is 0 Å². The second kappa shape index (κ2) is 7.65. The van der Waals surface area contributed by atoms with E-state index in [0.717, 1.165) is 55.7 Å². The third-order valence-corrected chi connectivity index (χ3v) is 5.57. The number of rotatable bonds is 2. The molecular weight excluding hydrogens is 392 g/mol. The Morgan fingerprint density at radius 3 is 1.31 bits per heavy atom. The lowest BCUT2D eigenvalue weighted by Gasteiger charge is -2.02. The number of furan rings is 2. The molecule has 4 aromatic carbocycles. The van der Waals surface area contributed by atoms with Crippen LogP contribution in [0, 0.1) is 11.8 Å². The molecule has 0 amide bonds. The van der Waals surface area contributed by atoms with Crippen LogP contribution < -0.4 is 0 Å². The molecule has 2 aromatic heterocycles. The largest absolute Gasteiger partial charge is 0.456 e. The predicted molar refractivity (Wildman–Crippen MR) is 129 cm³/mol. The minimum Gasteiger partial charge on any atom is -0.456 e. The highest BCUT2D eigenvalue weighted by Gasteiger charge is 2.11. The van der Waals surface area contributed by atoms with Gasteiger partial charge in [0.1, 0.15) is 22.7 Å². The topological polar surface area (TPSA) is 26.3 Å². The second-order valence-corrected chi connectivity index (χ2v) is 7.64. The van der Waals surface area contributed by atoms with E-state index in [2.05, 4.69) is 36.1 Å². The van der Waals surface area contributed by atoms with Crippen molar-refractivity contribution in [3.63, 3.8) is 0 Å². The van der Waals surface area contributed by atoms with Gasteiger partial charge in [-0.25, -0.2) is 0 Å². The van der Waals surface area contributed by atoms with Crippen LogP contribution >= 0.6 is 0 Å². The highest BCUT2D eigenvalue weighted by atomic mass is 16.3. The first-order valence-corrected chi connectivity index (χ1v) is 10.5. The average molecular weight is 410 g/mol. The van der Waals surface area contributed by atoms with Crippen molar-refractivity contribution in [2.24, 2.45) is 0 Å². The molecule has 0 saturated heterocycles. The van der Waals surface area contributed by atoms with Gasteiger partial charge in [0.05, 0.1) is 0 Å². The first-order valence-electron chi connectivity index (χ1n) is 10.5. The van der Waals surface area contributed by atoms with Gasteiger partial charge >= 0.3 is 0 Å².